The Bertz CT molecular complexity index is 2560. The first-order valence-corrected chi connectivity index (χ1v) is 30.7. The average Bonchev–Trinajstić information content (AvgIpc) is 3.25. The summed E-state index contributed by atoms with van der Waals surface area (Å²) in [6.07, 6.45) is 0. The van der Waals surface area contributed by atoms with Gasteiger partial charge in [0.1, 0.15) is 0 Å². The van der Waals surface area contributed by atoms with E-state index in [1.807, 2.05) is 0 Å². The van der Waals surface area contributed by atoms with E-state index in [1.54, 1.807) is 0 Å². The SMILES string of the molecule is CC(C)(C)c1ccc([PH](O)(c2ccc(-c3ccc([PH](O)(c4ccc(C(C)(C)C)cc4C(C)(C)C)c4ccc(C(C)(C)C)cc4C(C)(C)C)cc3)cc2)c2ccc(C(C)(C)C)cc2C(C)(C)C)c(C(C)(C)C)c1. The van der Waals surface area contributed by atoms with Crippen molar-refractivity contribution in [2.45, 2.75) is 209 Å². The van der Waals surface area contributed by atoms with Gasteiger partial charge in [0.25, 0.3) is 0 Å². The van der Waals surface area contributed by atoms with Crippen LogP contribution in [0.5, 0.6) is 0 Å². The minimum absolute atomic E-state index is 0.0456. The van der Waals surface area contributed by atoms with E-state index in [4.69, 9.17) is 0 Å². The van der Waals surface area contributed by atoms with Crippen molar-refractivity contribution in [2.24, 2.45) is 0 Å². The molecule has 0 aliphatic carbocycles. The Balaban J connectivity index is 1.60. The normalized spacial score (nSPS) is 14.4. The molecule has 0 heterocycles. The molecule has 0 bridgehead atoms. The molecule has 0 saturated heterocycles. The molecular weight excluding hydrogens is 911 g/mol. The van der Waals surface area contributed by atoms with Crippen LogP contribution in [0.15, 0.2) is 121 Å². The van der Waals surface area contributed by atoms with Gasteiger partial charge in [0.15, 0.2) is 0 Å². The van der Waals surface area contributed by atoms with Crippen LogP contribution in [0.1, 0.15) is 211 Å². The monoisotopic (exact) mass is 1010 g/mol. The molecule has 390 valence electrons. The Morgan fingerprint density at radius 3 is 0.569 bits per heavy atom. The molecule has 6 aromatic carbocycles. The maximum atomic E-state index is 14.2. The van der Waals surface area contributed by atoms with Gasteiger partial charge in [-0.3, -0.25) is 0 Å². The molecule has 0 spiro atoms. The van der Waals surface area contributed by atoms with Gasteiger partial charge >= 0.3 is 443 Å². The Labute approximate surface area is 440 Å². The zero-order chi connectivity index (χ0) is 54.4. The number of hydrogen-bond donors (Lipinski definition) is 2. The zero-order valence-electron chi connectivity index (χ0n) is 49.4. The van der Waals surface area contributed by atoms with Crippen LogP contribution < -0.4 is 31.8 Å². The fraction of sp³-hybridized carbons (Fsp3) is 0.471. The average molecular weight is 1010 g/mol. The molecule has 72 heavy (non-hydrogen) atoms. The van der Waals surface area contributed by atoms with Crippen molar-refractivity contribution in [1.82, 2.24) is 0 Å². The number of rotatable bonds is 7. The van der Waals surface area contributed by atoms with E-state index in [1.165, 1.54) is 44.5 Å². The molecule has 0 atom stereocenters. The first kappa shape index (κ1) is 57.4. The molecule has 0 amide bonds. The Morgan fingerprint density at radius 1 is 0.236 bits per heavy atom. The third-order valence-electron chi connectivity index (χ3n) is 15.3. The van der Waals surface area contributed by atoms with Gasteiger partial charge in [0, 0.05) is 0 Å². The third kappa shape index (κ3) is 11.5. The Kier molecular flexibility index (Phi) is 15.2. The first-order valence-electron chi connectivity index (χ1n) is 26.8. The van der Waals surface area contributed by atoms with Crippen LogP contribution in [-0.4, -0.2) is 9.79 Å². The second kappa shape index (κ2) is 19.0. The van der Waals surface area contributed by atoms with Gasteiger partial charge in [0.05, 0.1) is 0 Å². The fourth-order valence-corrected chi connectivity index (χ4v) is 18.3. The van der Waals surface area contributed by atoms with Crippen LogP contribution in [0.25, 0.3) is 11.1 Å². The second-order valence-corrected chi connectivity index (χ2v) is 35.8. The summed E-state index contributed by atoms with van der Waals surface area (Å²) < 4.78 is 0. The van der Waals surface area contributed by atoms with Crippen LogP contribution in [0.3, 0.4) is 0 Å². The van der Waals surface area contributed by atoms with E-state index >= 15 is 0 Å². The molecule has 0 aromatic heterocycles. The quantitative estimate of drug-likeness (QED) is 0.157. The first-order chi connectivity index (χ1) is 32.5. The summed E-state index contributed by atoms with van der Waals surface area (Å²) in [6, 6.07) is 45.2. The van der Waals surface area contributed by atoms with E-state index in [9.17, 15) is 9.79 Å². The summed E-state index contributed by atoms with van der Waals surface area (Å²) in [6.45, 7) is 54.7. The van der Waals surface area contributed by atoms with Gasteiger partial charge in [-0.2, -0.15) is 0 Å². The molecule has 0 radical (unpaired) electrons. The van der Waals surface area contributed by atoms with Crippen molar-refractivity contribution in [1.29, 1.82) is 0 Å². The van der Waals surface area contributed by atoms with Gasteiger partial charge in [-0.15, -0.1) is 0 Å². The second-order valence-electron chi connectivity index (χ2n) is 29.6. The van der Waals surface area contributed by atoms with Gasteiger partial charge in [0.2, 0.25) is 0 Å². The Morgan fingerprint density at radius 2 is 0.417 bits per heavy atom. The maximum absolute atomic E-state index is 14.2. The molecule has 6 rings (SSSR count). The van der Waals surface area contributed by atoms with Crippen LogP contribution in [-0.2, 0) is 43.3 Å². The molecule has 4 heteroatoms. The van der Waals surface area contributed by atoms with Crippen molar-refractivity contribution in [3.8, 4) is 11.1 Å². The molecule has 0 aliphatic heterocycles. The van der Waals surface area contributed by atoms with Gasteiger partial charge in [-0.05, 0) is 0 Å². The molecule has 6 aromatic rings. The van der Waals surface area contributed by atoms with Crippen LogP contribution in [0, 0.1) is 0 Å². The van der Waals surface area contributed by atoms with E-state index in [-0.39, 0.29) is 43.3 Å². The van der Waals surface area contributed by atoms with Gasteiger partial charge in [-0.25, -0.2) is 0 Å². The minimum atomic E-state index is -3.68. The summed E-state index contributed by atoms with van der Waals surface area (Å²) in [5.41, 5.74) is 11.0. The molecule has 2 nitrogen and oxygen atoms in total. The van der Waals surface area contributed by atoms with Crippen LogP contribution >= 0.6 is 15.0 Å². The van der Waals surface area contributed by atoms with Crippen LogP contribution in [0.2, 0.25) is 0 Å². The van der Waals surface area contributed by atoms with E-state index in [0.29, 0.717) is 0 Å². The number of benzene rings is 6. The summed E-state index contributed by atoms with van der Waals surface area (Å²) in [4.78, 5) is 28.4. The number of hydrogen-bond acceptors (Lipinski definition) is 2. The van der Waals surface area contributed by atoms with Crippen molar-refractivity contribution >= 4 is 46.8 Å². The molecule has 0 fully saturated rings. The van der Waals surface area contributed by atoms with Crippen molar-refractivity contribution in [3.63, 3.8) is 0 Å². The predicted molar refractivity (Wildman–Crippen MR) is 326 cm³/mol. The Hall–Kier alpha value is -3.90. The summed E-state index contributed by atoms with van der Waals surface area (Å²) in [5, 5.41) is 6.13. The van der Waals surface area contributed by atoms with Crippen molar-refractivity contribution in [2.75, 3.05) is 0 Å². The summed E-state index contributed by atoms with van der Waals surface area (Å²) >= 11 is 0. The van der Waals surface area contributed by atoms with E-state index < -0.39 is 15.0 Å². The van der Waals surface area contributed by atoms with Gasteiger partial charge < -0.3 is 0 Å². The molecule has 0 aliphatic rings. The molecule has 0 saturated carbocycles. The molecule has 0 unspecified atom stereocenters. The predicted octanol–water partition coefficient (Wildman–Crippen LogP) is 15.6. The molecule has 2 N–H and O–H groups in total. The summed E-state index contributed by atoms with van der Waals surface area (Å²) in [7, 11) is -7.37. The topological polar surface area (TPSA) is 40.5 Å². The fourth-order valence-electron chi connectivity index (χ4n) is 10.5. The van der Waals surface area contributed by atoms with Crippen LogP contribution in [0.4, 0.5) is 0 Å². The molecular formula is C68H96O2P2. The van der Waals surface area contributed by atoms with Crippen molar-refractivity contribution < 1.29 is 9.79 Å². The summed E-state index contributed by atoms with van der Waals surface area (Å²) in [5.74, 6) is 0. The van der Waals surface area contributed by atoms with Crippen molar-refractivity contribution in [3.05, 3.63) is 166 Å². The van der Waals surface area contributed by atoms with E-state index in [0.717, 1.165) is 43.0 Å². The third-order valence-corrected chi connectivity index (χ3v) is 22.5. The standard InChI is InChI=1S/C68H96O2P2/c1-61(2,3)47-29-37-57(53(41-47)65(13,14)15)71(69,58-38-30-48(62(4,5)6)42-54(58)66(16,17)18)51-33-25-45(26-34-51)46-27-35-52(36-28-46)72(70,59-39-31-49(63(7,8)9)43-55(59)67(19,20)21)60-40-32-50(64(10,11)12)44-56(60)68(22,23)24/h25-44,69-72H,1-24H3. The van der Waals surface area contributed by atoms with E-state index in [2.05, 4.69) is 287 Å². The van der Waals surface area contributed by atoms with Gasteiger partial charge in [-0.1, -0.05) is 0 Å². The zero-order valence-corrected chi connectivity index (χ0v) is 51.4.